The van der Waals surface area contributed by atoms with E-state index in [0.717, 1.165) is 17.7 Å². The van der Waals surface area contributed by atoms with Crippen molar-refractivity contribution in [2.45, 2.75) is 19.9 Å². The molecule has 8 heteroatoms. The van der Waals surface area contributed by atoms with Crippen LogP contribution in [0.3, 0.4) is 0 Å². The highest BCUT2D eigenvalue weighted by Gasteiger charge is 2.17. The normalized spacial score (nSPS) is 10.8. The lowest BCUT2D eigenvalue weighted by atomic mass is 10.2. The largest absolute Gasteiger partial charge is 0.481 e. The summed E-state index contributed by atoms with van der Waals surface area (Å²) < 4.78 is 8.39. The lowest BCUT2D eigenvalue weighted by Gasteiger charge is -2.11. The number of aromatic nitrogens is 4. The molecule has 0 unspecified atom stereocenters. The van der Waals surface area contributed by atoms with Gasteiger partial charge in [0.2, 0.25) is 5.88 Å². The fraction of sp³-hybridized carbons (Fsp3) is 0.278. The highest BCUT2D eigenvalue weighted by molar-refractivity contribution is 6.32. The molecular weight excluding hydrogens is 354 g/mol. The minimum Gasteiger partial charge on any atom is -0.481 e. The molecule has 3 rings (SSSR count). The lowest BCUT2D eigenvalue weighted by Crippen LogP contribution is -2.22. The van der Waals surface area contributed by atoms with E-state index in [0.29, 0.717) is 23.8 Å². The van der Waals surface area contributed by atoms with E-state index in [1.807, 2.05) is 32.2 Å². The van der Waals surface area contributed by atoms with Gasteiger partial charge in [0.15, 0.2) is 0 Å². The molecule has 3 aromatic rings. The number of halogens is 1. The monoisotopic (exact) mass is 373 g/mol. The van der Waals surface area contributed by atoms with Gasteiger partial charge in [-0.1, -0.05) is 36.7 Å². The van der Waals surface area contributed by atoms with Crippen molar-refractivity contribution >= 4 is 17.3 Å². The molecule has 1 N–H and O–H groups in total. The van der Waals surface area contributed by atoms with Gasteiger partial charge in [0, 0.05) is 13.6 Å². The van der Waals surface area contributed by atoms with E-state index in [9.17, 15) is 4.79 Å². The molecule has 0 amide bonds. The number of rotatable bonds is 6. The Labute approximate surface area is 156 Å². The van der Waals surface area contributed by atoms with Crippen LogP contribution in [0.4, 0.5) is 5.69 Å². The van der Waals surface area contributed by atoms with Gasteiger partial charge in [0.1, 0.15) is 5.02 Å². The standard InChI is InChI=1S/C18H20ClN5O2/c1-4-14-13(18(26-3)23(2)22-14)10-20-15-11-21-24(17(25)16(15)19)12-8-6-5-7-9-12/h5-9,11,20H,4,10H2,1-3H3. The van der Waals surface area contributed by atoms with Gasteiger partial charge in [0.25, 0.3) is 5.56 Å². The van der Waals surface area contributed by atoms with E-state index in [1.54, 1.807) is 30.1 Å². The third-order valence-electron chi connectivity index (χ3n) is 4.07. The van der Waals surface area contributed by atoms with Crippen LogP contribution in [-0.4, -0.2) is 26.7 Å². The number of aryl methyl sites for hydroxylation is 2. The molecule has 0 spiro atoms. The van der Waals surface area contributed by atoms with Gasteiger partial charge < -0.3 is 10.1 Å². The van der Waals surface area contributed by atoms with Gasteiger partial charge in [-0.25, -0.2) is 4.68 Å². The summed E-state index contributed by atoms with van der Waals surface area (Å²) in [5.41, 5.74) is 2.61. The number of anilines is 1. The Balaban J connectivity index is 1.89. The maximum Gasteiger partial charge on any atom is 0.292 e. The number of para-hydroxylation sites is 1. The van der Waals surface area contributed by atoms with Crippen molar-refractivity contribution in [3.63, 3.8) is 0 Å². The molecule has 0 saturated heterocycles. The minimum absolute atomic E-state index is 0.0877. The zero-order valence-corrected chi connectivity index (χ0v) is 15.6. The highest BCUT2D eigenvalue weighted by Crippen LogP contribution is 2.24. The Hall–Kier alpha value is -2.80. The number of nitrogens with one attached hydrogen (secondary N) is 1. The molecule has 7 nitrogen and oxygen atoms in total. The van der Waals surface area contributed by atoms with E-state index in [-0.39, 0.29) is 10.6 Å². The molecule has 0 saturated carbocycles. The van der Waals surface area contributed by atoms with Gasteiger partial charge >= 0.3 is 0 Å². The molecule has 0 aliphatic carbocycles. The molecule has 136 valence electrons. The Bertz CT molecular complexity index is 966. The van der Waals surface area contributed by atoms with Crippen LogP contribution in [0.2, 0.25) is 5.02 Å². The van der Waals surface area contributed by atoms with Crippen molar-refractivity contribution in [3.05, 3.63) is 63.2 Å². The number of benzene rings is 1. The Morgan fingerprint density at radius 3 is 2.65 bits per heavy atom. The van der Waals surface area contributed by atoms with E-state index in [1.165, 1.54) is 4.68 Å². The van der Waals surface area contributed by atoms with Crippen molar-refractivity contribution in [3.8, 4) is 11.6 Å². The third-order valence-corrected chi connectivity index (χ3v) is 4.44. The van der Waals surface area contributed by atoms with Gasteiger partial charge in [0.05, 0.1) is 35.9 Å². The third kappa shape index (κ3) is 3.30. The predicted molar refractivity (Wildman–Crippen MR) is 101 cm³/mol. The Kier molecular flexibility index (Phi) is 5.27. The van der Waals surface area contributed by atoms with Crippen molar-refractivity contribution in [1.29, 1.82) is 0 Å². The minimum atomic E-state index is -0.378. The van der Waals surface area contributed by atoms with Gasteiger partial charge in [-0.2, -0.15) is 14.9 Å². The zero-order valence-electron chi connectivity index (χ0n) is 14.9. The van der Waals surface area contributed by atoms with Crippen LogP contribution in [0.15, 0.2) is 41.3 Å². The number of nitrogens with zero attached hydrogens (tertiary/aromatic N) is 4. The van der Waals surface area contributed by atoms with Crippen molar-refractivity contribution in [2.75, 3.05) is 12.4 Å². The first-order valence-corrected chi connectivity index (χ1v) is 8.60. The molecule has 0 radical (unpaired) electrons. The van der Waals surface area contributed by atoms with Crippen LogP contribution in [0.25, 0.3) is 5.69 Å². The van der Waals surface area contributed by atoms with E-state index < -0.39 is 0 Å². The molecule has 2 heterocycles. The fourth-order valence-electron chi connectivity index (χ4n) is 2.82. The van der Waals surface area contributed by atoms with Crippen LogP contribution in [-0.2, 0) is 20.0 Å². The van der Waals surface area contributed by atoms with Crippen LogP contribution in [0.5, 0.6) is 5.88 Å². The molecule has 1 aromatic carbocycles. The quantitative estimate of drug-likeness (QED) is 0.719. The molecule has 0 aliphatic heterocycles. The van der Waals surface area contributed by atoms with E-state index in [2.05, 4.69) is 15.5 Å². The summed E-state index contributed by atoms with van der Waals surface area (Å²) in [6.07, 6.45) is 2.32. The molecule has 0 aliphatic rings. The Morgan fingerprint density at radius 1 is 1.27 bits per heavy atom. The van der Waals surface area contributed by atoms with Gasteiger partial charge in [-0.3, -0.25) is 4.79 Å². The van der Waals surface area contributed by atoms with Crippen LogP contribution < -0.4 is 15.6 Å². The average molecular weight is 374 g/mol. The fourth-order valence-corrected chi connectivity index (χ4v) is 3.01. The number of hydrogen-bond donors (Lipinski definition) is 1. The highest BCUT2D eigenvalue weighted by atomic mass is 35.5. The SMILES string of the molecule is CCc1nn(C)c(OC)c1CNc1cnn(-c2ccccc2)c(=O)c1Cl. The smallest absolute Gasteiger partial charge is 0.292 e. The summed E-state index contributed by atoms with van der Waals surface area (Å²) in [4.78, 5) is 12.5. The predicted octanol–water partition coefficient (Wildman–Crippen LogP) is 2.80. The number of ether oxygens (including phenoxy) is 1. The summed E-state index contributed by atoms with van der Waals surface area (Å²) >= 11 is 6.28. The molecule has 0 fully saturated rings. The summed E-state index contributed by atoms with van der Waals surface area (Å²) in [5, 5.41) is 11.9. The van der Waals surface area contributed by atoms with Crippen LogP contribution in [0, 0.1) is 0 Å². The number of methoxy groups -OCH3 is 1. The van der Waals surface area contributed by atoms with Gasteiger partial charge in [-0.05, 0) is 18.6 Å². The average Bonchev–Trinajstić information content (AvgIpc) is 2.98. The maximum atomic E-state index is 12.5. The Morgan fingerprint density at radius 2 is 2.00 bits per heavy atom. The number of hydrogen-bond acceptors (Lipinski definition) is 5. The summed E-state index contributed by atoms with van der Waals surface area (Å²) in [6, 6.07) is 9.14. The first-order chi connectivity index (χ1) is 12.6. The molecule has 2 aromatic heterocycles. The van der Waals surface area contributed by atoms with Gasteiger partial charge in [-0.15, -0.1) is 0 Å². The van der Waals surface area contributed by atoms with E-state index in [4.69, 9.17) is 16.3 Å². The molecule has 26 heavy (non-hydrogen) atoms. The second-order valence-electron chi connectivity index (χ2n) is 5.69. The van der Waals surface area contributed by atoms with Crippen LogP contribution >= 0.6 is 11.6 Å². The van der Waals surface area contributed by atoms with Crippen molar-refractivity contribution < 1.29 is 4.74 Å². The summed E-state index contributed by atoms with van der Waals surface area (Å²) in [5.74, 6) is 0.677. The summed E-state index contributed by atoms with van der Waals surface area (Å²) in [6.45, 7) is 2.46. The zero-order chi connectivity index (χ0) is 18.7. The van der Waals surface area contributed by atoms with E-state index >= 15 is 0 Å². The van der Waals surface area contributed by atoms with Crippen molar-refractivity contribution in [2.24, 2.45) is 7.05 Å². The maximum absolute atomic E-state index is 12.5. The topological polar surface area (TPSA) is 74.0 Å². The molecule has 0 bridgehead atoms. The van der Waals surface area contributed by atoms with Crippen molar-refractivity contribution in [1.82, 2.24) is 19.6 Å². The first kappa shape index (κ1) is 18.0. The first-order valence-electron chi connectivity index (χ1n) is 8.22. The molecular formula is C18H20ClN5O2. The second kappa shape index (κ2) is 7.61. The van der Waals surface area contributed by atoms with Crippen LogP contribution in [0.1, 0.15) is 18.2 Å². The lowest BCUT2D eigenvalue weighted by molar-refractivity contribution is 0.370. The second-order valence-corrected chi connectivity index (χ2v) is 6.07. The summed E-state index contributed by atoms with van der Waals surface area (Å²) in [7, 11) is 3.44. The molecule has 0 atom stereocenters.